The van der Waals surface area contributed by atoms with Gasteiger partial charge >= 0.3 is 5.69 Å². The lowest BCUT2D eigenvalue weighted by Gasteiger charge is -2.18. The Kier molecular flexibility index (Phi) is 6.37. The molecule has 30 heavy (non-hydrogen) atoms. The molecule has 0 aliphatic heterocycles. The first kappa shape index (κ1) is 21.3. The van der Waals surface area contributed by atoms with Gasteiger partial charge in [-0.25, -0.2) is 0 Å². The van der Waals surface area contributed by atoms with Crippen molar-refractivity contribution in [2.24, 2.45) is 7.05 Å². The Morgan fingerprint density at radius 2 is 2.07 bits per heavy atom. The largest absolute Gasteiger partial charge is 0.482 e. The lowest BCUT2D eigenvalue weighted by atomic mass is 10.1. The molecule has 1 amide bonds. The molecule has 0 saturated carbocycles. The molecular formula is C21H21ClN4O4. The van der Waals surface area contributed by atoms with Gasteiger partial charge in [-0.3, -0.25) is 19.6 Å². The highest BCUT2D eigenvalue weighted by Crippen LogP contribution is 2.28. The van der Waals surface area contributed by atoms with Gasteiger partial charge in [0.05, 0.1) is 28.4 Å². The predicted molar refractivity (Wildman–Crippen MR) is 113 cm³/mol. The topological polar surface area (TPSA) is 90.5 Å². The van der Waals surface area contributed by atoms with Crippen molar-refractivity contribution in [3.8, 4) is 5.75 Å². The van der Waals surface area contributed by atoms with E-state index in [1.165, 1.54) is 12.3 Å². The van der Waals surface area contributed by atoms with E-state index in [9.17, 15) is 14.9 Å². The molecule has 0 saturated heterocycles. The zero-order valence-corrected chi connectivity index (χ0v) is 17.6. The van der Waals surface area contributed by atoms with Gasteiger partial charge in [-0.15, -0.1) is 0 Å². The second-order valence-corrected chi connectivity index (χ2v) is 7.35. The lowest BCUT2D eigenvalue weighted by Crippen LogP contribution is -2.27. The highest BCUT2D eigenvalue weighted by Gasteiger charge is 2.18. The van der Waals surface area contributed by atoms with Gasteiger partial charge in [0.1, 0.15) is 6.61 Å². The maximum Gasteiger partial charge on any atom is 0.311 e. The summed E-state index contributed by atoms with van der Waals surface area (Å²) in [6, 6.07) is 11.8. The van der Waals surface area contributed by atoms with E-state index in [1.807, 2.05) is 0 Å². The highest BCUT2D eigenvalue weighted by molar-refractivity contribution is 6.31. The van der Waals surface area contributed by atoms with E-state index >= 15 is 0 Å². The van der Waals surface area contributed by atoms with Gasteiger partial charge in [0, 0.05) is 25.7 Å². The Morgan fingerprint density at radius 3 is 2.73 bits per heavy atom. The minimum absolute atomic E-state index is 0.0879. The standard InChI is InChI=1S/C21H21ClN4O4/c1-14-7-8-20(18(9-14)26(28)29)30-13-15-5-4-6-16(10-15)21(27)24(2)12-19-17(22)11-23-25(19)3/h4-11H,12-13H2,1-3H3. The van der Waals surface area contributed by atoms with Crippen LogP contribution in [0.25, 0.3) is 0 Å². The molecule has 0 fully saturated rings. The van der Waals surface area contributed by atoms with Crippen molar-refractivity contribution in [2.75, 3.05) is 7.05 Å². The van der Waals surface area contributed by atoms with Crippen molar-refractivity contribution < 1.29 is 14.5 Å². The number of halogens is 1. The van der Waals surface area contributed by atoms with Crippen LogP contribution < -0.4 is 4.74 Å². The summed E-state index contributed by atoms with van der Waals surface area (Å²) < 4.78 is 7.29. The molecule has 3 aromatic rings. The number of rotatable bonds is 7. The molecule has 9 heteroatoms. The van der Waals surface area contributed by atoms with Crippen LogP contribution in [0.5, 0.6) is 5.75 Å². The fourth-order valence-electron chi connectivity index (χ4n) is 2.98. The number of ether oxygens (including phenoxy) is 1. The van der Waals surface area contributed by atoms with E-state index in [4.69, 9.17) is 16.3 Å². The summed E-state index contributed by atoms with van der Waals surface area (Å²) in [7, 11) is 3.45. The van der Waals surface area contributed by atoms with Crippen LogP contribution in [0, 0.1) is 17.0 Å². The number of nitrogens with zero attached hydrogens (tertiary/aromatic N) is 4. The molecule has 0 aliphatic rings. The van der Waals surface area contributed by atoms with Crippen LogP contribution in [-0.4, -0.2) is 32.6 Å². The summed E-state index contributed by atoms with van der Waals surface area (Å²) in [6.07, 6.45) is 1.54. The number of benzene rings is 2. The Labute approximate surface area is 178 Å². The third kappa shape index (κ3) is 4.77. The normalized spacial score (nSPS) is 10.7. The number of amides is 1. The molecule has 1 aromatic heterocycles. The van der Waals surface area contributed by atoms with E-state index in [1.54, 1.807) is 67.0 Å². The minimum atomic E-state index is -0.471. The van der Waals surface area contributed by atoms with Gasteiger partial charge in [0.25, 0.3) is 5.91 Å². The van der Waals surface area contributed by atoms with Crippen LogP contribution in [0.1, 0.15) is 27.2 Å². The number of carbonyl (C=O) groups excluding carboxylic acids is 1. The molecule has 0 aliphatic carbocycles. The number of carbonyl (C=O) groups is 1. The van der Waals surface area contributed by atoms with Gasteiger partial charge < -0.3 is 9.64 Å². The molecule has 0 radical (unpaired) electrons. The molecule has 0 N–H and O–H groups in total. The van der Waals surface area contributed by atoms with Gasteiger partial charge in [0.2, 0.25) is 0 Å². The average Bonchev–Trinajstić information content (AvgIpc) is 3.04. The molecule has 3 rings (SSSR count). The van der Waals surface area contributed by atoms with Crippen LogP contribution in [0.2, 0.25) is 5.02 Å². The smallest absolute Gasteiger partial charge is 0.311 e. The van der Waals surface area contributed by atoms with Crippen LogP contribution in [0.4, 0.5) is 5.69 Å². The molecular weight excluding hydrogens is 408 g/mol. The fourth-order valence-corrected chi connectivity index (χ4v) is 3.20. The number of nitro benzene ring substituents is 1. The SMILES string of the molecule is Cc1ccc(OCc2cccc(C(=O)N(C)Cc3c(Cl)cnn3C)c2)c([N+](=O)[O-])c1. The summed E-state index contributed by atoms with van der Waals surface area (Å²) in [5, 5.41) is 15.8. The first-order chi connectivity index (χ1) is 14.3. The molecule has 1 heterocycles. The quantitative estimate of drug-likeness (QED) is 0.416. The van der Waals surface area contributed by atoms with E-state index in [0.717, 1.165) is 16.8 Å². The van der Waals surface area contributed by atoms with Crippen LogP contribution >= 0.6 is 11.6 Å². The minimum Gasteiger partial charge on any atom is -0.482 e. The predicted octanol–water partition coefficient (Wildman–Crippen LogP) is 4.14. The fraction of sp³-hybridized carbons (Fsp3) is 0.238. The molecule has 156 valence electrons. The molecule has 8 nitrogen and oxygen atoms in total. The van der Waals surface area contributed by atoms with Crippen LogP contribution in [0.3, 0.4) is 0 Å². The lowest BCUT2D eigenvalue weighted by molar-refractivity contribution is -0.386. The Bertz CT molecular complexity index is 1080. The number of aromatic nitrogens is 2. The molecule has 0 unspecified atom stereocenters. The van der Waals surface area contributed by atoms with E-state index < -0.39 is 4.92 Å². The number of hydrogen-bond donors (Lipinski definition) is 0. The molecule has 0 atom stereocenters. The van der Waals surface area contributed by atoms with E-state index in [0.29, 0.717) is 17.1 Å². The maximum absolute atomic E-state index is 12.8. The summed E-state index contributed by atoms with van der Waals surface area (Å²) >= 11 is 6.12. The summed E-state index contributed by atoms with van der Waals surface area (Å²) in [4.78, 5) is 25.1. The number of nitro groups is 1. The third-order valence-electron chi connectivity index (χ3n) is 4.62. The zero-order valence-electron chi connectivity index (χ0n) is 16.8. The van der Waals surface area contributed by atoms with Crippen molar-refractivity contribution >= 4 is 23.2 Å². The second kappa shape index (κ2) is 8.96. The van der Waals surface area contributed by atoms with Crippen molar-refractivity contribution in [1.29, 1.82) is 0 Å². The van der Waals surface area contributed by atoms with Gasteiger partial charge in [-0.05, 0) is 36.2 Å². The maximum atomic E-state index is 12.8. The van der Waals surface area contributed by atoms with Crippen molar-refractivity contribution in [3.05, 3.63) is 86.2 Å². The zero-order chi connectivity index (χ0) is 21.8. The van der Waals surface area contributed by atoms with Gasteiger partial charge in [0.15, 0.2) is 5.75 Å². The summed E-state index contributed by atoms with van der Waals surface area (Å²) in [5.74, 6) is 0.000676. The van der Waals surface area contributed by atoms with E-state index in [-0.39, 0.29) is 24.0 Å². The number of aryl methyl sites for hydroxylation is 2. The highest BCUT2D eigenvalue weighted by atomic mass is 35.5. The monoisotopic (exact) mass is 428 g/mol. The molecule has 0 spiro atoms. The molecule has 2 aromatic carbocycles. The Balaban J connectivity index is 1.72. The van der Waals surface area contributed by atoms with Crippen LogP contribution in [-0.2, 0) is 20.2 Å². The Hall–Kier alpha value is -3.39. The van der Waals surface area contributed by atoms with Gasteiger partial charge in [-0.1, -0.05) is 29.8 Å². The second-order valence-electron chi connectivity index (χ2n) is 6.94. The van der Waals surface area contributed by atoms with Crippen molar-refractivity contribution in [3.63, 3.8) is 0 Å². The first-order valence-electron chi connectivity index (χ1n) is 9.15. The summed E-state index contributed by atoms with van der Waals surface area (Å²) in [6.45, 7) is 2.19. The van der Waals surface area contributed by atoms with Gasteiger partial charge in [-0.2, -0.15) is 5.10 Å². The van der Waals surface area contributed by atoms with Crippen molar-refractivity contribution in [1.82, 2.24) is 14.7 Å². The number of hydrogen-bond acceptors (Lipinski definition) is 5. The Morgan fingerprint density at radius 1 is 1.30 bits per heavy atom. The van der Waals surface area contributed by atoms with Crippen molar-refractivity contribution in [2.45, 2.75) is 20.1 Å². The van der Waals surface area contributed by atoms with E-state index in [2.05, 4.69) is 5.10 Å². The van der Waals surface area contributed by atoms with Crippen LogP contribution in [0.15, 0.2) is 48.7 Å². The average molecular weight is 429 g/mol. The molecule has 0 bridgehead atoms. The first-order valence-corrected chi connectivity index (χ1v) is 9.52. The summed E-state index contributed by atoms with van der Waals surface area (Å²) in [5.41, 5.74) is 2.63. The third-order valence-corrected chi connectivity index (χ3v) is 4.94.